The van der Waals surface area contributed by atoms with Gasteiger partial charge in [0.25, 0.3) is 5.91 Å². The number of rotatable bonds is 7. The van der Waals surface area contributed by atoms with Crippen molar-refractivity contribution in [1.82, 2.24) is 10.2 Å². The Bertz CT molecular complexity index is 846. The second-order valence-corrected chi connectivity index (χ2v) is 6.49. The van der Waals surface area contributed by atoms with Gasteiger partial charge in [-0.15, -0.1) is 0 Å². The molecule has 0 aliphatic carbocycles. The van der Waals surface area contributed by atoms with Gasteiger partial charge in [0.15, 0.2) is 11.3 Å². The molecule has 8 heteroatoms. The standard InChI is InChI=1S/C19H20N2O6/c1-12(22)13-5-7-15(8-6-13)27-11-14(23)10-21-17(24)19(2,20-18(21)25)16-4-3-9-26-16/h3-9,14,23H,10-11H2,1-2H3,(H,20,25). The van der Waals surface area contributed by atoms with Crippen molar-refractivity contribution in [2.45, 2.75) is 25.5 Å². The minimum absolute atomic E-state index is 0.0558. The van der Waals surface area contributed by atoms with E-state index in [-0.39, 0.29) is 18.9 Å². The molecule has 1 aliphatic heterocycles. The third-order valence-electron chi connectivity index (χ3n) is 4.39. The van der Waals surface area contributed by atoms with Gasteiger partial charge in [0.1, 0.15) is 24.2 Å². The molecule has 2 N–H and O–H groups in total. The fourth-order valence-corrected chi connectivity index (χ4v) is 2.83. The number of imide groups is 1. The number of hydrogen-bond donors (Lipinski definition) is 2. The molecule has 2 unspecified atom stereocenters. The molecule has 1 aromatic heterocycles. The van der Waals surface area contributed by atoms with Gasteiger partial charge in [-0.3, -0.25) is 14.5 Å². The van der Waals surface area contributed by atoms with Gasteiger partial charge in [0.2, 0.25) is 0 Å². The fourth-order valence-electron chi connectivity index (χ4n) is 2.83. The largest absolute Gasteiger partial charge is 0.491 e. The van der Waals surface area contributed by atoms with Gasteiger partial charge in [-0.1, -0.05) is 0 Å². The molecule has 27 heavy (non-hydrogen) atoms. The number of carbonyl (C=O) groups excluding carboxylic acids is 3. The number of nitrogens with one attached hydrogen (secondary N) is 1. The van der Waals surface area contributed by atoms with Crippen LogP contribution in [0.15, 0.2) is 47.1 Å². The molecule has 1 fully saturated rings. The van der Waals surface area contributed by atoms with Crippen molar-refractivity contribution < 1.29 is 28.6 Å². The van der Waals surface area contributed by atoms with Gasteiger partial charge in [-0.05, 0) is 50.2 Å². The lowest BCUT2D eigenvalue weighted by molar-refractivity contribution is -0.132. The van der Waals surface area contributed by atoms with E-state index in [0.717, 1.165) is 4.90 Å². The van der Waals surface area contributed by atoms with Gasteiger partial charge < -0.3 is 19.6 Å². The molecule has 0 radical (unpaired) electrons. The lowest BCUT2D eigenvalue weighted by atomic mass is 9.99. The molecule has 0 saturated carbocycles. The van der Waals surface area contributed by atoms with E-state index in [2.05, 4.69) is 5.32 Å². The average Bonchev–Trinajstić information content (AvgIpc) is 3.25. The lowest BCUT2D eigenvalue weighted by Crippen LogP contribution is -2.42. The summed E-state index contributed by atoms with van der Waals surface area (Å²) >= 11 is 0. The number of nitrogens with zero attached hydrogens (tertiary/aromatic N) is 1. The maximum atomic E-state index is 12.6. The van der Waals surface area contributed by atoms with E-state index < -0.39 is 23.6 Å². The summed E-state index contributed by atoms with van der Waals surface area (Å²) in [5, 5.41) is 12.8. The van der Waals surface area contributed by atoms with Crippen LogP contribution < -0.4 is 10.1 Å². The molecule has 8 nitrogen and oxygen atoms in total. The summed E-state index contributed by atoms with van der Waals surface area (Å²) in [5.41, 5.74) is -0.747. The summed E-state index contributed by atoms with van der Waals surface area (Å²) in [5.74, 6) is 0.225. The first-order valence-corrected chi connectivity index (χ1v) is 8.41. The number of aliphatic hydroxyl groups excluding tert-OH is 1. The predicted octanol–water partition coefficient (Wildman–Crippen LogP) is 1.69. The number of hydrogen-bond acceptors (Lipinski definition) is 6. The van der Waals surface area contributed by atoms with E-state index >= 15 is 0 Å². The molecule has 1 saturated heterocycles. The Labute approximate surface area is 155 Å². The number of ether oxygens (including phenoxy) is 1. The van der Waals surface area contributed by atoms with Gasteiger partial charge in [0.05, 0.1) is 12.8 Å². The Morgan fingerprint density at radius 2 is 2.00 bits per heavy atom. The van der Waals surface area contributed by atoms with Crippen LogP contribution in [0.3, 0.4) is 0 Å². The summed E-state index contributed by atoms with van der Waals surface area (Å²) in [6, 6.07) is 9.10. The zero-order valence-corrected chi connectivity index (χ0v) is 15.0. The number of amides is 3. The maximum Gasteiger partial charge on any atom is 0.325 e. The van der Waals surface area contributed by atoms with Crippen LogP contribution in [-0.4, -0.2) is 47.0 Å². The van der Waals surface area contributed by atoms with E-state index in [1.807, 2.05) is 0 Å². The van der Waals surface area contributed by atoms with E-state index in [4.69, 9.17) is 9.15 Å². The molecule has 2 heterocycles. The summed E-state index contributed by atoms with van der Waals surface area (Å²) in [7, 11) is 0. The summed E-state index contributed by atoms with van der Waals surface area (Å²) in [4.78, 5) is 37.0. The third-order valence-corrected chi connectivity index (χ3v) is 4.39. The first kappa shape index (κ1) is 18.7. The normalized spacial score (nSPS) is 20.5. The molecule has 3 rings (SSSR count). The molecule has 0 spiro atoms. The van der Waals surface area contributed by atoms with Crippen molar-refractivity contribution in [1.29, 1.82) is 0 Å². The minimum atomic E-state index is -1.30. The molecule has 3 amide bonds. The zero-order valence-electron chi connectivity index (χ0n) is 15.0. The molecule has 2 atom stereocenters. The van der Waals surface area contributed by atoms with Crippen LogP contribution >= 0.6 is 0 Å². The molecule has 1 aromatic carbocycles. The highest BCUT2D eigenvalue weighted by molar-refractivity contribution is 6.06. The van der Waals surface area contributed by atoms with E-state index in [1.54, 1.807) is 43.3 Å². The van der Waals surface area contributed by atoms with Gasteiger partial charge in [-0.2, -0.15) is 0 Å². The number of furan rings is 1. The van der Waals surface area contributed by atoms with Crippen LogP contribution in [-0.2, 0) is 10.3 Å². The van der Waals surface area contributed by atoms with Gasteiger partial charge in [-0.25, -0.2) is 4.79 Å². The number of ketones is 1. The number of Topliss-reactive ketones (excluding diaryl/α,β-unsaturated/α-hetero) is 1. The molecule has 2 aromatic rings. The first-order valence-electron chi connectivity index (χ1n) is 8.41. The number of aliphatic hydroxyl groups is 1. The Balaban J connectivity index is 1.59. The van der Waals surface area contributed by atoms with E-state index in [0.29, 0.717) is 17.1 Å². The molecule has 0 bridgehead atoms. The number of urea groups is 1. The zero-order chi connectivity index (χ0) is 19.6. The highest BCUT2D eigenvalue weighted by atomic mass is 16.5. The van der Waals surface area contributed by atoms with Gasteiger partial charge in [0, 0.05) is 5.56 Å². The van der Waals surface area contributed by atoms with Crippen LogP contribution in [0.1, 0.15) is 30.0 Å². The van der Waals surface area contributed by atoms with Crippen LogP contribution in [0.2, 0.25) is 0 Å². The smallest absolute Gasteiger partial charge is 0.325 e. The second-order valence-electron chi connectivity index (χ2n) is 6.49. The van der Waals surface area contributed by atoms with Crippen molar-refractivity contribution in [2.75, 3.05) is 13.2 Å². The highest BCUT2D eigenvalue weighted by Gasteiger charge is 2.51. The predicted molar refractivity (Wildman–Crippen MR) is 94.3 cm³/mol. The number of β-amino-alcohol motifs (C(OH)–C–C–N with tert-alkyl or cyclic N) is 1. The topological polar surface area (TPSA) is 109 Å². The van der Waals surface area contributed by atoms with Crippen molar-refractivity contribution in [2.24, 2.45) is 0 Å². The quantitative estimate of drug-likeness (QED) is 0.565. The van der Waals surface area contributed by atoms with Crippen molar-refractivity contribution in [3.8, 4) is 5.75 Å². The Kier molecular flexibility index (Phi) is 5.00. The Morgan fingerprint density at radius 3 is 2.59 bits per heavy atom. The van der Waals surface area contributed by atoms with Crippen molar-refractivity contribution in [3.05, 3.63) is 54.0 Å². The molecule has 142 valence electrons. The summed E-state index contributed by atoms with van der Waals surface area (Å²) in [6.07, 6.45) is 0.342. The fraction of sp³-hybridized carbons (Fsp3) is 0.316. The van der Waals surface area contributed by atoms with E-state index in [1.165, 1.54) is 13.2 Å². The van der Waals surface area contributed by atoms with Crippen LogP contribution in [0.25, 0.3) is 0 Å². The molecule has 1 aliphatic rings. The van der Waals surface area contributed by atoms with Crippen molar-refractivity contribution >= 4 is 17.7 Å². The van der Waals surface area contributed by atoms with Crippen LogP contribution in [0.4, 0.5) is 4.79 Å². The second kappa shape index (κ2) is 7.24. The highest BCUT2D eigenvalue weighted by Crippen LogP contribution is 2.29. The third kappa shape index (κ3) is 3.70. The number of benzene rings is 1. The SMILES string of the molecule is CC(=O)c1ccc(OCC(O)CN2C(=O)NC(C)(c3ccco3)C2=O)cc1. The van der Waals surface area contributed by atoms with Crippen molar-refractivity contribution in [3.63, 3.8) is 0 Å². The van der Waals surface area contributed by atoms with Crippen LogP contribution in [0, 0.1) is 0 Å². The van der Waals surface area contributed by atoms with Gasteiger partial charge >= 0.3 is 6.03 Å². The van der Waals surface area contributed by atoms with Crippen LogP contribution in [0.5, 0.6) is 5.75 Å². The van der Waals surface area contributed by atoms with E-state index in [9.17, 15) is 19.5 Å². The molecular formula is C19H20N2O6. The lowest BCUT2D eigenvalue weighted by Gasteiger charge is -2.20. The maximum absolute atomic E-state index is 12.6. The first-order chi connectivity index (χ1) is 12.8. The summed E-state index contributed by atoms with van der Waals surface area (Å²) in [6.45, 7) is 2.68. The minimum Gasteiger partial charge on any atom is -0.491 e. The Hall–Kier alpha value is -3.13. The Morgan fingerprint density at radius 1 is 1.30 bits per heavy atom. The number of carbonyl (C=O) groups is 3. The average molecular weight is 372 g/mol. The monoisotopic (exact) mass is 372 g/mol. The molecular weight excluding hydrogens is 352 g/mol. The summed E-state index contributed by atoms with van der Waals surface area (Å²) < 4.78 is 10.7.